The molecular formula is C20H31NO8. The molecule has 0 aliphatic carbocycles. The summed E-state index contributed by atoms with van der Waals surface area (Å²) < 4.78 is 16.1. The first kappa shape index (κ1) is 24.7. The van der Waals surface area contributed by atoms with Gasteiger partial charge in [-0.15, -0.1) is 0 Å². The third kappa shape index (κ3) is 9.60. The van der Waals surface area contributed by atoms with Crippen LogP contribution in [0.5, 0.6) is 11.5 Å². The van der Waals surface area contributed by atoms with Gasteiger partial charge in [-0.2, -0.15) is 0 Å². The molecule has 1 aliphatic heterocycles. The molecule has 0 amide bonds. The van der Waals surface area contributed by atoms with Gasteiger partial charge in [-0.3, -0.25) is 0 Å². The molecule has 1 aliphatic rings. The zero-order valence-corrected chi connectivity index (χ0v) is 17.2. The van der Waals surface area contributed by atoms with Crippen molar-refractivity contribution in [2.24, 2.45) is 5.92 Å². The number of hydrogen-bond acceptors (Lipinski definition) is 7. The standard InChI is InChI=1S/C18H29NO4.C2H2O4/c1-14-5-4-8-19(10-14)11-16(20)13-23-12-15-6-7-17(21-2)18(9-15)22-3;3-1(4)2(5)6/h6-7,9,14,16,20H,4-5,8,10-13H2,1-3H3;(H,3,4)(H,5,6). The van der Waals surface area contributed by atoms with Crippen molar-refractivity contribution in [2.45, 2.75) is 32.5 Å². The molecule has 2 rings (SSSR count). The van der Waals surface area contributed by atoms with E-state index in [0.29, 0.717) is 31.3 Å². The van der Waals surface area contributed by atoms with Gasteiger partial charge in [0.05, 0.1) is 33.5 Å². The van der Waals surface area contributed by atoms with Gasteiger partial charge < -0.3 is 34.4 Å². The Bertz CT molecular complexity index is 639. The Hall–Kier alpha value is -2.36. The van der Waals surface area contributed by atoms with Crippen LogP contribution in [0, 0.1) is 5.92 Å². The maximum atomic E-state index is 10.1. The highest BCUT2D eigenvalue weighted by Crippen LogP contribution is 2.27. The van der Waals surface area contributed by atoms with Gasteiger partial charge in [-0.25, -0.2) is 9.59 Å². The van der Waals surface area contributed by atoms with E-state index >= 15 is 0 Å². The maximum absolute atomic E-state index is 10.1. The average Bonchev–Trinajstić information content (AvgIpc) is 2.68. The van der Waals surface area contributed by atoms with Crippen molar-refractivity contribution in [3.63, 3.8) is 0 Å². The van der Waals surface area contributed by atoms with Gasteiger partial charge in [-0.05, 0) is 43.0 Å². The van der Waals surface area contributed by atoms with Crippen LogP contribution in [-0.4, -0.2) is 78.7 Å². The lowest BCUT2D eigenvalue weighted by atomic mass is 10.0. The molecule has 29 heavy (non-hydrogen) atoms. The van der Waals surface area contributed by atoms with Crippen molar-refractivity contribution in [3.05, 3.63) is 23.8 Å². The molecule has 3 N–H and O–H groups in total. The van der Waals surface area contributed by atoms with Crippen molar-refractivity contribution in [3.8, 4) is 11.5 Å². The number of aliphatic hydroxyl groups excluding tert-OH is 1. The predicted octanol–water partition coefficient (Wildman–Crippen LogP) is 1.47. The molecule has 1 fully saturated rings. The molecule has 9 heteroatoms. The number of aliphatic hydroxyl groups is 1. The summed E-state index contributed by atoms with van der Waals surface area (Å²) in [5.41, 5.74) is 1.00. The second-order valence-electron chi connectivity index (χ2n) is 6.98. The molecule has 0 radical (unpaired) electrons. The van der Waals surface area contributed by atoms with Crippen LogP contribution >= 0.6 is 0 Å². The molecule has 1 saturated heterocycles. The average molecular weight is 413 g/mol. The lowest BCUT2D eigenvalue weighted by Crippen LogP contribution is -2.40. The van der Waals surface area contributed by atoms with E-state index in [9.17, 15) is 5.11 Å². The summed E-state index contributed by atoms with van der Waals surface area (Å²) >= 11 is 0. The number of aliphatic carboxylic acids is 2. The van der Waals surface area contributed by atoms with Crippen LogP contribution < -0.4 is 9.47 Å². The van der Waals surface area contributed by atoms with Gasteiger partial charge in [0.2, 0.25) is 0 Å². The molecule has 0 bridgehead atoms. The number of piperidine rings is 1. The summed E-state index contributed by atoms with van der Waals surface area (Å²) in [4.78, 5) is 20.5. The summed E-state index contributed by atoms with van der Waals surface area (Å²) in [6.45, 7) is 5.92. The van der Waals surface area contributed by atoms with E-state index < -0.39 is 18.0 Å². The first-order valence-electron chi connectivity index (χ1n) is 9.42. The van der Waals surface area contributed by atoms with Gasteiger partial charge in [0, 0.05) is 13.1 Å². The third-order valence-electron chi connectivity index (χ3n) is 4.42. The Balaban J connectivity index is 0.000000612. The zero-order valence-electron chi connectivity index (χ0n) is 17.2. The van der Waals surface area contributed by atoms with E-state index in [1.165, 1.54) is 12.8 Å². The van der Waals surface area contributed by atoms with Gasteiger partial charge in [0.25, 0.3) is 0 Å². The Morgan fingerprint density at radius 2 is 1.83 bits per heavy atom. The number of hydrogen-bond donors (Lipinski definition) is 3. The Morgan fingerprint density at radius 1 is 1.17 bits per heavy atom. The number of β-amino-alcohol motifs (C(OH)–C–C–N with tert-alkyl or cyclic N) is 1. The fourth-order valence-corrected chi connectivity index (χ4v) is 3.09. The molecule has 9 nitrogen and oxygen atoms in total. The van der Waals surface area contributed by atoms with Crippen LogP contribution in [0.3, 0.4) is 0 Å². The minimum absolute atomic E-state index is 0.346. The number of ether oxygens (including phenoxy) is 3. The second kappa shape index (κ2) is 13.0. The van der Waals surface area contributed by atoms with E-state index in [1.807, 2.05) is 18.2 Å². The van der Waals surface area contributed by atoms with Crippen LogP contribution in [0.4, 0.5) is 0 Å². The first-order valence-corrected chi connectivity index (χ1v) is 9.42. The van der Waals surface area contributed by atoms with Crippen LogP contribution in [0.25, 0.3) is 0 Å². The smallest absolute Gasteiger partial charge is 0.414 e. The highest BCUT2D eigenvalue weighted by Gasteiger charge is 2.18. The lowest BCUT2D eigenvalue weighted by Gasteiger charge is -2.32. The number of nitrogens with zero attached hydrogens (tertiary/aromatic N) is 1. The second-order valence-corrected chi connectivity index (χ2v) is 6.98. The Kier molecular flexibility index (Phi) is 11.0. The van der Waals surface area contributed by atoms with Crippen molar-refractivity contribution < 1.29 is 39.1 Å². The largest absolute Gasteiger partial charge is 0.493 e. The van der Waals surface area contributed by atoms with E-state index in [2.05, 4.69) is 11.8 Å². The summed E-state index contributed by atoms with van der Waals surface area (Å²) in [6, 6.07) is 5.71. The molecular weight excluding hydrogens is 382 g/mol. The van der Waals surface area contributed by atoms with Gasteiger partial charge in [0.15, 0.2) is 11.5 Å². The van der Waals surface area contributed by atoms with Crippen molar-refractivity contribution in [1.82, 2.24) is 4.90 Å². The van der Waals surface area contributed by atoms with Crippen molar-refractivity contribution in [1.29, 1.82) is 0 Å². The normalized spacial score (nSPS) is 17.6. The molecule has 164 valence electrons. The SMILES string of the molecule is COc1ccc(COCC(O)CN2CCCC(C)C2)cc1OC.O=C(O)C(=O)O. The molecule has 0 saturated carbocycles. The number of rotatable bonds is 8. The predicted molar refractivity (Wildman–Crippen MR) is 105 cm³/mol. The number of likely N-dealkylation sites (tertiary alicyclic amines) is 1. The minimum atomic E-state index is -1.82. The zero-order chi connectivity index (χ0) is 21.8. The molecule has 2 unspecified atom stereocenters. The Labute approximate surface area is 170 Å². The van der Waals surface area contributed by atoms with Crippen molar-refractivity contribution in [2.75, 3.05) is 40.5 Å². The van der Waals surface area contributed by atoms with E-state index in [0.717, 1.165) is 24.6 Å². The molecule has 0 spiro atoms. The number of benzene rings is 1. The summed E-state index contributed by atoms with van der Waals surface area (Å²) in [5.74, 6) is -1.53. The number of methoxy groups -OCH3 is 2. The number of carboxylic acid groups (broad SMARTS) is 2. The lowest BCUT2D eigenvalue weighted by molar-refractivity contribution is -0.159. The van der Waals surface area contributed by atoms with Crippen LogP contribution in [0.15, 0.2) is 18.2 Å². The highest BCUT2D eigenvalue weighted by molar-refractivity contribution is 6.27. The molecule has 2 atom stereocenters. The number of carbonyl (C=O) groups is 2. The molecule has 1 aromatic carbocycles. The number of carboxylic acids is 2. The summed E-state index contributed by atoms with van der Waals surface area (Å²) in [5, 5.41) is 24.9. The van der Waals surface area contributed by atoms with Gasteiger partial charge in [-0.1, -0.05) is 13.0 Å². The first-order chi connectivity index (χ1) is 13.8. The maximum Gasteiger partial charge on any atom is 0.414 e. The monoisotopic (exact) mass is 413 g/mol. The molecule has 0 aromatic heterocycles. The fourth-order valence-electron chi connectivity index (χ4n) is 3.09. The van der Waals surface area contributed by atoms with Gasteiger partial charge in [0.1, 0.15) is 0 Å². The van der Waals surface area contributed by atoms with Crippen molar-refractivity contribution >= 4 is 11.9 Å². The summed E-state index contributed by atoms with van der Waals surface area (Å²) in [6.07, 6.45) is 2.07. The van der Waals surface area contributed by atoms with E-state index in [-0.39, 0.29) is 0 Å². The van der Waals surface area contributed by atoms with E-state index in [1.54, 1.807) is 14.2 Å². The molecule has 1 aromatic rings. The molecule has 1 heterocycles. The van der Waals surface area contributed by atoms with Crippen LogP contribution in [0.2, 0.25) is 0 Å². The van der Waals surface area contributed by atoms with Crippen LogP contribution in [0.1, 0.15) is 25.3 Å². The van der Waals surface area contributed by atoms with E-state index in [4.69, 9.17) is 34.0 Å². The van der Waals surface area contributed by atoms with Gasteiger partial charge >= 0.3 is 11.9 Å². The van der Waals surface area contributed by atoms with Crippen LogP contribution in [-0.2, 0) is 20.9 Å². The fraction of sp³-hybridized carbons (Fsp3) is 0.600. The minimum Gasteiger partial charge on any atom is -0.493 e. The Morgan fingerprint density at radius 3 is 2.38 bits per heavy atom. The quantitative estimate of drug-likeness (QED) is 0.543. The topological polar surface area (TPSA) is 126 Å². The third-order valence-corrected chi connectivity index (χ3v) is 4.42. The highest BCUT2D eigenvalue weighted by atomic mass is 16.5. The summed E-state index contributed by atoms with van der Waals surface area (Å²) in [7, 11) is 3.23.